The van der Waals surface area contributed by atoms with Gasteiger partial charge in [-0.1, -0.05) is 83.9 Å². The highest BCUT2D eigenvalue weighted by Gasteiger charge is 2.47. The van der Waals surface area contributed by atoms with E-state index in [-0.39, 0.29) is 10.8 Å². The van der Waals surface area contributed by atoms with Crippen molar-refractivity contribution in [3.05, 3.63) is 130 Å². The van der Waals surface area contributed by atoms with Gasteiger partial charge < -0.3 is 19.5 Å². The zero-order valence-corrected chi connectivity index (χ0v) is 29.2. The smallest absolute Gasteiger partial charge is 0.349 e. The summed E-state index contributed by atoms with van der Waals surface area (Å²) in [7, 11) is 0. The molecule has 50 heavy (non-hydrogen) atoms. The summed E-state index contributed by atoms with van der Waals surface area (Å²) in [6, 6.07) is 32.8. The van der Waals surface area contributed by atoms with Crippen molar-refractivity contribution < 1.29 is 19.3 Å². The molecule has 8 nitrogen and oxygen atoms in total. The maximum atomic E-state index is 12.7. The molecule has 0 aliphatic carbocycles. The summed E-state index contributed by atoms with van der Waals surface area (Å²) in [5.41, 5.74) is 6.79. The predicted octanol–water partition coefficient (Wildman–Crippen LogP) is 8.14. The first kappa shape index (κ1) is 32.8. The molecule has 8 rings (SSSR count). The van der Waals surface area contributed by atoms with Gasteiger partial charge >= 0.3 is 11.9 Å². The molecule has 0 aromatic heterocycles. The second-order valence-corrected chi connectivity index (χ2v) is 14.5. The van der Waals surface area contributed by atoms with Crippen LogP contribution in [0.1, 0.15) is 36.8 Å². The Labute approximate surface area is 302 Å². The van der Waals surface area contributed by atoms with Crippen LogP contribution in [0, 0.1) is 0 Å². The van der Waals surface area contributed by atoms with Crippen molar-refractivity contribution in [2.45, 2.75) is 36.5 Å². The molecule has 4 aromatic rings. The van der Waals surface area contributed by atoms with E-state index >= 15 is 0 Å². The number of halogens is 2. The van der Waals surface area contributed by atoms with Crippen molar-refractivity contribution in [3.8, 4) is 0 Å². The third kappa shape index (κ3) is 6.04. The molecular weight excluding hydrogens is 671 g/mol. The molecule has 0 amide bonds. The Morgan fingerprint density at radius 3 is 1.24 bits per heavy atom. The Kier molecular flexibility index (Phi) is 8.81. The van der Waals surface area contributed by atoms with Crippen LogP contribution in [0.15, 0.2) is 109 Å². The van der Waals surface area contributed by atoms with Crippen molar-refractivity contribution in [3.63, 3.8) is 0 Å². The van der Waals surface area contributed by atoms with Crippen molar-refractivity contribution in [1.29, 1.82) is 0 Å². The summed E-state index contributed by atoms with van der Waals surface area (Å²) in [4.78, 5) is 41.4. The van der Waals surface area contributed by atoms with E-state index < -0.39 is 11.9 Å². The first-order chi connectivity index (χ1) is 24.3. The normalized spacial score (nSPS) is 19.6. The Balaban J connectivity index is 0.837. The molecular formula is C40H38Cl2N4O4. The highest BCUT2D eigenvalue weighted by Crippen LogP contribution is 2.52. The summed E-state index contributed by atoms with van der Waals surface area (Å²) in [5.74, 6) is -1.19. The highest BCUT2D eigenvalue weighted by atomic mass is 35.5. The number of nitrogens with zero attached hydrogens (tertiary/aromatic N) is 4. The standard InChI is InChI=1S/C40H38Cl2N4O4/c41-31-11-3-7-15-35(31)45-27-39(29-9-1-5-13-33(29)45)19-23-43(24-20-39)49-37(47)17-18-38(48)50-44-25-21-40(22-26-44)28-46(34-14-6-2-10-30(34)40)36-16-8-4-12-32(36)42/h1-18H,19-28H2/b18-17-. The van der Waals surface area contributed by atoms with E-state index in [0.717, 1.165) is 72.3 Å². The fraction of sp³-hybridized carbons (Fsp3) is 0.300. The third-order valence-corrected chi connectivity index (χ3v) is 11.5. The van der Waals surface area contributed by atoms with Gasteiger partial charge in [-0.3, -0.25) is 0 Å². The molecule has 2 fully saturated rings. The molecule has 0 atom stereocenters. The number of para-hydroxylation sites is 4. The monoisotopic (exact) mass is 708 g/mol. The lowest BCUT2D eigenvalue weighted by molar-refractivity contribution is -0.193. The van der Waals surface area contributed by atoms with E-state index in [0.29, 0.717) is 26.2 Å². The first-order valence-electron chi connectivity index (χ1n) is 17.2. The Morgan fingerprint density at radius 1 is 0.520 bits per heavy atom. The van der Waals surface area contributed by atoms with Gasteiger partial charge in [0, 0.05) is 73.6 Å². The average Bonchev–Trinajstić information content (AvgIpc) is 3.63. The van der Waals surface area contributed by atoms with Crippen LogP contribution in [0.4, 0.5) is 22.7 Å². The van der Waals surface area contributed by atoms with Gasteiger partial charge in [0.05, 0.1) is 21.4 Å². The van der Waals surface area contributed by atoms with Crippen LogP contribution < -0.4 is 9.80 Å². The summed E-state index contributed by atoms with van der Waals surface area (Å²) < 4.78 is 0. The summed E-state index contributed by atoms with van der Waals surface area (Å²) in [6.07, 6.45) is 5.58. The lowest BCUT2D eigenvalue weighted by atomic mass is 9.74. The summed E-state index contributed by atoms with van der Waals surface area (Å²) in [5, 5.41) is 4.83. The fourth-order valence-corrected chi connectivity index (χ4v) is 8.82. The summed E-state index contributed by atoms with van der Waals surface area (Å²) >= 11 is 13.2. The lowest BCUT2D eigenvalue weighted by Gasteiger charge is -2.39. The van der Waals surface area contributed by atoms with E-state index in [9.17, 15) is 9.59 Å². The molecule has 256 valence electrons. The van der Waals surface area contributed by atoms with Gasteiger partial charge in [-0.15, -0.1) is 10.1 Å². The molecule has 0 radical (unpaired) electrons. The average molecular weight is 710 g/mol. The molecule has 2 spiro atoms. The Hall–Kier alpha value is -4.34. The van der Waals surface area contributed by atoms with Crippen molar-refractivity contribution >= 4 is 57.9 Å². The molecule has 4 aromatic carbocycles. The number of hydroxylamine groups is 4. The van der Waals surface area contributed by atoms with Gasteiger partial charge in [0.25, 0.3) is 0 Å². The van der Waals surface area contributed by atoms with Gasteiger partial charge in [-0.25, -0.2) is 9.59 Å². The predicted molar refractivity (Wildman–Crippen MR) is 196 cm³/mol. The van der Waals surface area contributed by atoms with Crippen LogP contribution in [0.2, 0.25) is 10.0 Å². The molecule has 10 heteroatoms. The van der Waals surface area contributed by atoms with Gasteiger partial charge in [0.2, 0.25) is 0 Å². The molecule has 0 bridgehead atoms. The van der Waals surface area contributed by atoms with Crippen LogP contribution in [-0.2, 0) is 30.1 Å². The largest absolute Gasteiger partial charge is 0.364 e. The zero-order chi connectivity index (χ0) is 34.3. The third-order valence-electron chi connectivity index (χ3n) is 10.9. The molecule has 4 aliphatic heterocycles. The van der Waals surface area contributed by atoms with E-state index in [1.165, 1.54) is 22.5 Å². The molecule has 0 unspecified atom stereocenters. The van der Waals surface area contributed by atoms with Crippen LogP contribution in [0.5, 0.6) is 0 Å². The second kappa shape index (κ2) is 13.4. The Bertz CT molecular complexity index is 1810. The highest BCUT2D eigenvalue weighted by molar-refractivity contribution is 6.33. The number of hydrogen-bond donors (Lipinski definition) is 0. The zero-order valence-electron chi connectivity index (χ0n) is 27.6. The van der Waals surface area contributed by atoms with E-state index in [1.54, 1.807) is 10.1 Å². The number of anilines is 4. The van der Waals surface area contributed by atoms with Gasteiger partial charge in [0.15, 0.2) is 0 Å². The molecule has 0 N–H and O–H groups in total. The van der Waals surface area contributed by atoms with Crippen molar-refractivity contribution in [1.82, 2.24) is 10.1 Å². The van der Waals surface area contributed by atoms with E-state index in [2.05, 4.69) is 70.5 Å². The maximum absolute atomic E-state index is 12.7. The lowest BCUT2D eigenvalue weighted by Crippen LogP contribution is -2.45. The molecule has 2 saturated heterocycles. The molecule has 0 saturated carbocycles. The van der Waals surface area contributed by atoms with E-state index in [1.807, 2.05) is 36.4 Å². The van der Waals surface area contributed by atoms with Crippen LogP contribution in [-0.4, -0.2) is 61.3 Å². The first-order valence-corrected chi connectivity index (χ1v) is 17.9. The minimum absolute atomic E-state index is 0.0706. The van der Waals surface area contributed by atoms with Gasteiger partial charge in [0.1, 0.15) is 0 Å². The molecule has 4 heterocycles. The number of fused-ring (bicyclic) bond motifs is 4. The number of carbonyl (C=O) groups is 2. The quantitative estimate of drug-likeness (QED) is 0.186. The minimum atomic E-state index is -0.595. The summed E-state index contributed by atoms with van der Waals surface area (Å²) in [6.45, 7) is 3.96. The maximum Gasteiger partial charge on any atom is 0.349 e. The van der Waals surface area contributed by atoms with Gasteiger partial charge in [-0.05, 0) is 73.2 Å². The van der Waals surface area contributed by atoms with Crippen molar-refractivity contribution in [2.24, 2.45) is 0 Å². The SMILES string of the molecule is O=C(/C=C\C(=O)ON1CCC2(CC1)CN(c1ccccc1Cl)c1ccccc12)ON1CCC2(CC1)CN(c1ccccc1Cl)c1ccccc12. The topological polar surface area (TPSA) is 65.6 Å². The fourth-order valence-electron chi connectivity index (χ4n) is 8.35. The van der Waals surface area contributed by atoms with Crippen molar-refractivity contribution in [2.75, 3.05) is 49.1 Å². The number of piperidine rings is 2. The second-order valence-electron chi connectivity index (χ2n) is 13.7. The van der Waals surface area contributed by atoms with Crippen LogP contribution in [0.25, 0.3) is 0 Å². The number of rotatable bonds is 6. The van der Waals surface area contributed by atoms with E-state index in [4.69, 9.17) is 32.9 Å². The van der Waals surface area contributed by atoms with Gasteiger partial charge in [-0.2, -0.15) is 0 Å². The number of benzene rings is 4. The number of hydrogen-bond acceptors (Lipinski definition) is 8. The van der Waals surface area contributed by atoms with Crippen LogP contribution >= 0.6 is 23.2 Å². The minimum Gasteiger partial charge on any atom is -0.364 e. The Morgan fingerprint density at radius 2 is 0.860 bits per heavy atom. The molecule has 4 aliphatic rings. The van der Waals surface area contributed by atoms with Crippen LogP contribution in [0.3, 0.4) is 0 Å². The number of carbonyl (C=O) groups excluding carboxylic acids is 2.